The van der Waals surface area contributed by atoms with E-state index < -0.39 is 5.60 Å². The Labute approximate surface area is 91.4 Å². The molecule has 4 heteroatoms. The van der Waals surface area contributed by atoms with Gasteiger partial charge in [0, 0.05) is 6.42 Å². The zero-order valence-electron chi connectivity index (χ0n) is 9.70. The first kappa shape index (κ1) is 12.5. The number of amides is 1. The minimum absolute atomic E-state index is 0.147. The highest BCUT2D eigenvalue weighted by Crippen LogP contribution is 2.29. The number of carbonyl (C=O) groups is 1. The zero-order valence-corrected chi connectivity index (χ0v) is 9.70. The van der Waals surface area contributed by atoms with Crippen LogP contribution in [0.15, 0.2) is 0 Å². The molecule has 0 aromatic carbocycles. The second-order valence-corrected chi connectivity index (χ2v) is 4.75. The van der Waals surface area contributed by atoms with Crippen LogP contribution in [0.1, 0.15) is 33.1 Å². The van der Waals surface area contributed by atoms with Crippen molar-refractivity contribution in [3.63, 3.8) is 0 Å². The molecule has 0 atom stereocenters. The SMILES string of the molecule is CC(C)C1(O)CN(C(=O)CCCCN)C1. The summed E-state index contributed by atoms with van der Waals surface area (Å²) in [4.78, 5) is 13.3. The number of likely N-dealkylation sites (tertiary alicyclic amines) is 1. The molecule has 15 heavy (non-hydrogen) atoms. The lowest BCUT2D eigenvalue weighted by molar-refractivity contribution is -0.163. The topological polar surface area (TPSA) is 66.6 Å². The number of rotatable bonds is 5. The quantitative estimate of drug-likeness (QED) is 0.649. The van der Waals surface area contributed by atoms with Gasteiger partial charge in [-0.05, 0) is 25.3 Å². The van der Waals surface area contributed by atoms with E-state index in [1.165, 1.54) is 0 Å². The predicted octanol–water partition coefficient (Wildman–Crippen LogP) is 0.345. The molecule has 0 saturated carbocycles. The first-order valence-electron chi connectivity index (χ1n) is 5.70. The highest BCUT2D eigenvalue weighted by molar-refractivity contribution is 5.77. The van der Waals surface area contributed by atoms with E-state index >= 15 is 0 Å². The van der Waals surface area contributed by atoms with Gasteiger partial charge in [-0.3, -0.25) is 4.79 Å². The molecule has 88 valence electrons. The fourth-order valence-corrected chi connectivity index (χ4v) is 1.73. The van der Waals surface area contributed by atoms with Gasteiger partial charge in [-0.15, -0.1) is 0 Å². The van der Waals surface area contributed by atoms with E-state index in [0.29, 0.717) is 26.1 Å². The molecule has 0 radical (unpaired) electrons. The highest BCUT2D eigenvalue weighted by atomic mass is 16.3. The normalized spacial score (nSPS) is 19.1. The molecule has 1 aliphatic rings. The summed E-state index contributed by atoms with van der Waals surface area (Å²) in [5.41, 5.74) is 4.71. The van der Waals surface area contributed by atoms with E-state index in [1.807, 2.05) is 13.8 Å². The first-order chi connectivity index (χ1) is 6.99. The number of nitrogens with zero attached hydrogens (tertiary/aromatic N) is 1. The molecule has 0 bridgehead atoms. The van der Waals surface area contributed by atoms with Crippen molar-refractivity contribution in [2.24, 2.45) is 11.7 Å². The van der Waals surface area contributed by atoms with Gasteiger partial charge < -0.3 is 15.7 Å². The van der Waals surface area contributed by atoms with Crippen LogP contribution in [-0.4, -0.2) is 41.1 Å². The van der Waals surface area contributed by atoms with E-state index in [2.05, 4.69) is 0 Å². The van der Waals surface area contributed by atoms with Gasteiger partial charge in [0.25, 0.3) is 0 Å². The molecule has 0 aromatic heterocycles. The molecule has 1 fully saturated rings. The Kier molecular flexibility index (Phi) is 4.11. The summed E-state index contributed by atoms with van der Waals surface area (Å²) in [6.07, 6.45) is 2.31. The summed E-state index contributed by atoms with van der Waals surface area (Å²) in [7, 11) is 0. The van der Waals surface area contributed by atoms with Crippen molar-refractivity contribution >= 4 is 5.91 Å². The second kappa shape index (κ2) is 4.94. The van der Waals surface area contributed by atoms with Crippen LogP contribution in [-0.2, 0) is 4.79 Å². The van der Waals surface area contributed by atoms with Crippen LogP contribution < -0.4 is 5.73 Å². The Morgan fingerprint density at radius 1 is 1.47 bits per heavy atom. The van der Waals surface area contributed by atoms with Crippen LogP contribution in [0.3, 0.4) is 0 Å². The van der Waals surface area contributed by atoms with Gasteiger partial charge in [0.2, 0.25) is 5.91 Å². The molecule has 0 aliphatic carbocycles. The van der Waals surface area contributed by atoms with E-state index in [-0.39, 0.29) is 11.8 Å². The third kappa shape index (κ3) is 2.92. The maximum Gasteiger partial charge on any atom is 0.222 e. The van der Waals surface area contributed by atoms with E-state index in [4.69, 9.17) is 5.73 Å². The molecule has 1 rings (SSSR count). The molecule has 0 spiro atoms. The monoisotopic (exact) mass is 214 g/mol. The maximum atomic E-state index is 11.6. The number of hydrogen-bond donors (Lipinski definition) is 2. The van der Waals surface area contributed by atoms with Crippen molar-refractivity contribution in [3.05, 3.63) is 0 Å². The Hall–Kier alpha value is -0.610. The summed E-state index contributed by atoms with van der Waals surface area (Å²) in [5, 5.41) is 9.96. The van der Waals surface area contributed by atoms with Crippen molar-refractivity contribution < 1.29 is 9.90 Å². The molecule has 0 unspecified atom stereocenters. The van der Waals surface area contributed by atoms with Crippen LogP contribution in [0.5, 0.6) is 0 Å². The molecular weight excluding hydrogens is 192 g/mol. The Bertz CT molecular complexity index is 223. The number of unbranched alkanes of at least 4 members (excludes halogenated alkanes) is 1. The van der Waals surface area contributed by atoms with Gasteiger partial charge in [0.15, 0.2) is 0 Å². The number of carbonyl (C=O) groups excluding carboxylic acids is 1. The number of aliphatic hydroxyl groups is 1. The molecular formula is C11H22N2O2. The number of nitrogens with two attached hydrogens (primary N) is 1. The molecule has 4 nitrogen and oxygen atoms in total. The van der Waals surface area contributed by atoms with Crippen LogP contribution in [0.25, 0.3) is 0 Å². The van der Waals surface area contributed by atoms with Crippen molar-refractivity contribution in [1.82, 2.24) is 4.90 Å². The van der Waals surface area contributed by atoms with Crippen LogP contribution in [0.4, 0.5) is 0 Å². The summed E-state index contributed by atoms with van der Waals surface area (Å²) in [6.45, 7) is 5.59. The fraction of sp³-hybridized carbons (Fsp3) is 0.909. The molecule has 0 aromatic rings. The Morgan fingerprint density at radius 3 is 2.53 bits per heavy atom. The van der Waals surface area contributed by atoms with Gasteiger partial charge >= 0.3 is 0 Å². The van der Waals surface area contributed by atoms with E-state index in [0.717, 1.165) is 12.8 Å². The molecule has 1 amide bonds. The summed E-state index contributed by atoms with van der Waals surface area (Å²) < 4.78 is 0. The molecule has 1 heterocycles. The van der Waals surface area contributed by atoms with Crippen LogP contribution in [0, 0.1) is 5.92 Å². The van der Waals surface area contributed by atoms with Gasteiger partial charge in [-0.25, -0.2) is 0 Å². The average Bonchev–Trinajstić information content (AvgIpc) is 2.12. The third-order valence-electron chi connectivity index (χ3n) is 3.20. The molecule has 3 N–H and O–H groups in total. The highest BCUT2D eigenvalue weighted by Gasteiger charge is 2.45. The van der Waals surface area contributed by atoms with Crippen LogP contribution in [0.2, 0.25) is 0 Å². The zero-order chi connectivity index (χ0) is 11.5. The first-order valence-corrected chi connectivity index (χ1v) is 5.70. The second-order valence-electron chi connectivity index (χ2n) is 4.75. The summed E-state index contributed by atoms with van der Waals surface area (Å²) >= 11 is 0. The fourth-order valence-electron chi connectivity index (χ4n) is 1.73. The van der Waals surface area contributed by atoms with Crippen molar-refractivity contribution in [2.75, 3.05) is 19.6 Å². The molecule has 1 saturated heterocycles. The number of hydrogen-bond acceptors (Lipinski definition) is 3. The van der Waals surface area contributed by atoms with Crippen molar-refractivity contribution in [3.8, 4) is 0 Å². The standard InChI is InChI=1S/C11H22N2O2/c1-9(2)11(15)7-13(8-11)10(14)5-3-4-6-12/h9,15H,3-8,12H2,1-2H3. The maximum absolute atomic E-state index is 11.6. The third-order valence-corrected chi connectivity index (χ3v) is 3.20. The predicted molar refractivity (Wildman–Crippen MR) is 59.3 cm³/mol. The lowest BCUT2D eigenvalue weighted by Crippen LogP contribution is -2.65. The molecule has 1 aliphatic heterocycles. The van der Waals surface area contributed by atoms with E-state index in [1.54, 1.807) is 4.90 Å². The van der Waals surface area contributed by atoms with Crippen molar-refractivity contribution in [2.45, 2.75) is 38.7 Å². The van der Waals surface area contributed by atoms with Crippen molar-refractivity contribution in [1.29, 1.82) is 0 Å². The van der Waals surface area contributed by atoms with Gasteiger partial charge in [-0.1, -0.05) is 13.8 Å². The summed E-state index contributed by atoms with van der Waals surface area (Å²) in [6, 6.07) is 0. The lowest BCUT2D eigenvalue weighted by atomic mass is 9.83. The number of β-amino-alcohol motifs (C(OH)–C–C–N with tert-alkyl or cyclic N) is 1. The van der Waals surface area contributed by atoms with Gasteiger partial charge in [0.1, 0.15) is 5.60 Å². The largest absolute Gasteiger partial charge is 0.386 e. The Balaban J connectivity index is 2.23. The average molecular weight is 214 g/mol. The minimum Gasteiger partial charge on any atom is -0.386 e. The Morgan fingerprint density at radius 2 is 2.07 bits per heavy atom. The summed E-state index contributed by atoms with van der Waals surface area (Å²) in [5.74, 6) is 0.361. The van der Waals surface area contributed by atoms with Crippen LogP contribution >= 0.6 is 0 Å². The lowest BCUT2D eigenvalue weighted by Gasteiger charge is -2.49. The van der Waals surface area contributed by atoms with E-state index in [9.17, 15) is 9.90 Å². The van der Waals surface area contributed by atoms with Gasteiger partial charge in [-0.2, -0.15) is 0 Å². The van der Waals surface area contributed by atoms with Gasteiger partial charge in [0.05, 0.1) is 13.1 Å². The minimum atomic E-state index is -0.649. The smallest absolute Gasteiger partial charge is 0.222 e.